The Hall–Kier alpha value is 1.24. The van der Waals surface area contributed by atoms with E-state index >= 15 is 0 Å². The fourth-order valence-electron chi connectivity index (χ4n) is 0. The number of hydrogen-bond donors (Lipinski definition) is 0. The van der Waals surface area contributed by atoms with Crippen molar-refractivity contribution >= 4 is 44.5 Å². The van der Waals surface area contributed by atoms with E-state index in [0.717, 1.165) is 0 Å². The predicted octanol–water partition coefficient (Wildman–Crippen LogP) is 2.20. The second-order valence-electron chi connectivity index (χ2n) is 0.725. The van der Waals surface area contributed by atoms with Crippen LogP contribution in [0.4, 0.5) is 0 Å². The summed E-state index contributed by atoms with van der Waals surface area (Å²) >= 11 is 4.41. The van der Waals surface area contributed by atoms with E-state index in [0.29, 0.717) is 3.92 Å². The second-order valence-corrected chi connectivity index (χ2v) is 3.22. The molecule has 0 amide bonds. The van der Waals surface area contributed by atoms with Crippen LogP contribution in [0.1, 0.15) is 6.92 Å². The summed E-state index contributed by atoms with van der Waals surface area (Å²) in [6.45, 7) is 2.09. The Morgan fingerprint density at radius 3 is 2.00 bits per heavy atom. The van der Waals surface area contributed by atoms with E-state index < -0.39 is 0 Å². The number of hydrogen-bond acceptors (Lipinski definition) is 0. The Morgan fingerprint density at radius 1 is 1.80 bits per heavy atom. The molecule has 0 aliphatic carbocycles. The number of rotatable bonds is 0. The van der Waals surface area contributed by atoms with Gasteiger partial charge < -0.3 is 0 Å². The molecule has 0 N–H and O–H groups in total. The molecule has 0 radical (unpaired) electrons. The fraction of sp³-hybridized carbons (Fsp3) is 0.667. The molecular weight excluding hydrogens is 290 g/mol. The van der Waals surface area contributed by atoms with Crippen LogP contribution in [0, 0.1) is 3.81 Å². The van der Waals surface area contributed by atoms with Crippen LogP contribution in [0.3, 0.4) is 0 Å². The van der Waals surface area contributed by atoms with Crippen molar-refractivity contribution < 1.29 is 0 Å². The standard InChI is InChI=1S/C3H4I2/c1-3(5)2-4/h3H,1H3. The van der Waals surface area contributed by atoms with Crippen molar-refractivity contribution in [3.8, 4) is 3.81 Å². The first kappa shape index (κ1) is 6.24. The van der Waals surface area contributed by atoms with E-state index in [-0.39, 0.29) is 0 Å². The van der Waals surface area contributed by atoms with E-state index in [9.17, 15) is 0 Å². The Kier molecular flexibility index (Phi) is 4.28. The van der Waals surface area contributed by atoms with E-state index in [2.05, 4.69) is 55.2 Å². The summed E-state index contributed by atoms with van der Waals surface area (Å²) in [5, 5.41) is 0. The first-order chi connectivity index (χ1) is 2.27. The molecule has 0 heterocycles. The zero-order chi connectivity index (χ0) is 4.28. The molecule has 30 valence electrons. The SMILES string of the molecule is CC(I)C#I. The van der Waals surface area contributed by atoms with E-state index in [1.165, 1.54) is 0 Å². The predicted molar refractivity (Wildman–Crippen MR) is 41.4 cm³/mol. The summed E-state index contributed by atoms with van der Waals surface area (Å²) in [5.74, 6) is 0. The van der Waals surface area contributed by atoms with Gasteiger partial charge in [0, 0.05) is 0 Å². The van der Waals surface area contributed by atoms with E-state index in [1.54, 1.807) is 0 Å². The third-order valence-corrected chi connectivity index (χ3v) is 2.59. The minimum atomic E-state index is 0.591. The van der Waals surface area contributed by atoms with Gasteiger partial charge in [-0.15, -0.1) is 0 Å². The molecular formula is C3H4I2. The summed E-state index contributed by atoms with van der Waals surface area (Å²) in [5.41, 5.74) is 0. The molecule has 0 rings (SSSR count). The van der Waals surface area contributed by atoms with Gasteiger partial charge in [-0.3, -0.25) is 0 Å². The normalized spacial score (nSPS) is 13.2. The molecule has 0 aliphatic rings. The molecule has 1 atom stereocenters. The van der Waals surface area contributed by atoms with Crippen molar-refractivity contribution in [2.24, 2.45) is 0 Å². The minimum absolute atomic E-state index is 0.591. The van der Waals surface area contributed by atoms with Gasteiger partial charge in [-0.25, -0.2) is 0 Å². The quantitative estimate of drug-likeness (QED) is 0.474. The monoisotopic (exact) mass is 294 g/mol. The van der Waals surface area contributed by atoms with Crippen LogP contribution in [-0.4, -0.2) is 3.92 Å². The van der Waals surface area contributed by atoms with Gasteiger partial charge in [-0.2, -0.15) is 0 Å². The molecule has 0 bridgehead atoms. The Labute approximate surface area is 58.7 Å². The summed E-state index contributed by atoms with van der Waals surface area (Å²) in [6.07, 6.45) is 0. The van der Waals surface area contributed by atoms with Crippen LogP contribution >= 0.6 is 44.5 Å². The van der Waals surface area contributed by atoms with E-state index in [4.69, 9.17) is 0 Å². The molecule has 0 fully saturated rings. The van der Waals surface area contributed by atoms with Crippen LogP contribution in [0.15, 0.2) is 0 Å². The van der Waals surface area contributed by atoms with Gasteiger partial charge >= 0.3 is 59.2 Å². The van der Waals surface area contributed by atoms with Gasteiger partial charge in [-0.1, -0.05) is 0 Å². The summed E-state index contributed by atoms with van der Waals surface area (Å²) < 4.78 is 3.58. The van der Waals surface area contributed by atoms with Crippen molar-refractivity contribution in [2.75, 3.05) is 0 Å². The molecule has 0 spiro atoms. The number of halogens is 2. The fourth-order valence-corrected chi connectivity index (χ4v) is 0. The molecule has 0 saturated carbocycles. The van der Waals surface area contributed by atoms with Crippen molar-refractivity contribution in [1.82, 2.24) is 0 Å². The van der Waals surface area contributed by atoms with Gasteiger partial charge in [0.15, 0.2) is 0 Å². The Morgan fingerprint density at radius 2 is 2.00 bits per heavy atom. The molecule has 0 saturated heterocycles. The summed E-state index contributed by atoms with van der Waals surface area (Å²) in [4.78, 5) is 0. The molecule has 2 heteroatoms. The molecule has 0 nitrogen and oxygen atoms in total. The van der Waals surface area contributed by atoms with Crippen molar-refractivity contribution in [3.63, 3.8) is 0 Å². The van der Waals surface area contributed by atoms with Gasteiger partial charge in [0.05, 0.1) is 0 Å². The molecule has 0 aliphatic heterocycles. The van der Waals surface area contributed by atoms with Crippen molar-refractivity contribution in [2.45, 2.75) is 10.8 Å². The molecule has 1 unspecified atom stereocenters. The molecule has 5 heavy (non-hydrogen) atoms. The van der Waals surface area contributed by atoms with Gasteiger partial charge in [0.2, 0.25) is 0 Å². The maximum absolute atomic E-state index is 2.98. The second kappa shape index (κ2) is 3.43. The van der Waals surface area contributed by atoms with Gasteiger partial charge in [-0.05, 0) is 0 Å². The first-order valence-corrected chi connectivity index (χ1v) is 3.60. The third kappa shape index (κ3) is 5.24. The molecule has 0 aromatic carbocycles. The van der Waals surface area contributed by atoms with Crippen LogP contribution in [0.25, 0.3) is 0 Å². The summed E-state index contributed by atoms with van der Waals surface area (Å²) in [6, 6.07) is 0. The third-order valence-electron chi connectivity index (χ3n) is 0.150. The molecule has 0 aromatic rings. The number of alkyl halides is 1. The van der Waals surface area contributed by atoms with Crippen molar-refractivity contribution in [1.29, 1.82) is 0 Å². The zero-order valence-corrected chi connectivity index (χ0v) is 7.15. The van der Waals surface area contributed by atoms with E-state index in [1.807, 2.05) is 0 Å². The zero-order valence-electron chi connectivity index (χ0n) is 2.83. The van der Waals surface area contributed by atoms with Crippen molar-refractivity contribution in [3.05, 3.63) is 0 Å². The van der Waals surface area contributed by atoms with Gasteiger partial charge in [0.25, 0.3) is 0 Å². The first-order valence-electron chi connectivity index (χ1n) is 1.27. The maximum atomic E-state index is 2.98. The van der Waals surface area contributed by atoms with Crippen LogP contribution < -0.4 is 0 Å². The topological polar surface area (TPSA) is 0 Å². The van der Waals surface area contributed by atoms with Crippen LogP contribution in [0.2, 0.25) is 0 Å². The van der Waals surface area contributed by atoms with Crippen LogP contribution in [-0.2, 0) is 0 Å². The Bertz CT molecular complexity index is 50.4. The van der Waals surface area contributed by atoms with Gasteiger partial charge in [0.1, 0.15) is 0 Å². The molecule has 0 aromatic heterocycles. The Balaban J connectivity index is 2.94. The average molecular weight is 294 g/mol. The summed E-state index contributed by atoms with van der Waals surface area (Å²) in [7, 11) is 0. The van der Waals surface area contributed by atoms with Crippen LogP contribution in [0.5, 0.6) is 0 Å². The average Bonchev–Trinajstić information content (AvgIpc) is 1.38.